The first-order chi connectivity index (χ1) is 9.16. The van der Waals surface area contributed by atoms with Gasteiger partial charge in [-0.05, 0) is 30.6 Å². The summed E-state index contributed by atoms with van der Waals surface area (Å²) in [6, 6.07) is 10.1. The molecule has 1 aliphatic heterocycles. The molecule has 0 aromatic heterocycles. The van der Waals surface area contributed by atoms with Gasteiger partial charge in [0.1, 0.15) is 0 Å². The van der Waals surface area contributed by atoms with Gasteiger partial charge in [-0.15, -0.1) is 0 Å². The fraction of sp³-hybridized carbons (Fsp3) is 0.429. The van der Waals surface area contributed by atoms with E-state index in [0.29, 0.717) is 0 Å². The van der Waals surface area contributed by atoms with Gasteiger partial charge in [-0.1, -0.05) is 30.3 Å². The molecular weight excluding hydrogens is 258 g/mol. The molecule has 4 nitrogen and oxygen atoms in total. The minimum Gasteiger partial charge on any atom is -0.369 e. The molecule has 0 saturated carbocycles. The summed E-state index contributed by atoms with van der Waals surface area (Å²) >= 11 is 5.38. The second-order valence-corrected chi connectivity index (χ2v) is 5.19. The van der Waals surface area contributed by atoms with Crippen molar-refractivity contribution in [2.45, 2.75) is 19.4 Å². The number of carbonyl (C=O) groups is 1. The summed E-state index contributed by atoms with van der Waals surface area (Å²) in [5, 5.41) is 4.01. The quantitative estimate of drug-likeness (QED) is 0.817. The van der Waals surface area contributed by atoms with Gasteiger partial charge in [0.05, 0.1) is 0 Å². The smallest absolute Gasteiger partial charge is 0.220 e. The van der Waals surface area contributed by atoms with Crippen LogP contribution < -0.4 is 11.1 Å². The van der Waals surface area contributed by atoms with E-state index in [0.717, 1.165) is 37.6 Å². The van der Waals surface area contributed by atoms with E-state index >= 15 is 0 Å². The molecule has 0 atom stereocenters. The summed E-state index contributed by atoms with van der Waals surface area (Å²) in [6.45, 7) is 2.33. The van der Waals surface area contributed by atoms with Gasteiger partial charge in [0, 0.05) is 25.6 Å². The van der Waals surface area contributed by atoms with E-state index in [4.69, 9.17) is 18.0 Å². The summed E-state index contributed by atoms with van der Waals surface area (Å²) in [4.78, 5) is 13.2. The monoisotopic (exact) mass is 277 g/mol. The van der Waals surface area contributed by atoms with Crippen LogP contribution in [0.25, 0.3) is 0 Å². The zero-order valence-corrected chi connectivity index (χ0v) is 11.7. The van der Waals surface area contributed by atoms with Crippen LogP contribution in [0.4, 0.5) is 0 Å². The van der Waals surface area contributed by atoms with Crippen molar-refractivity contribution >= 4 is 23.2 Å². The van der Waals surface area contributed by atoms with E-state index in [1.807, 2.05) is 18.2 Å². The van der Waals surface area contributed by atoms with Crippen molar-refractivity contribution in [1.29, 1.82) is 0 Å². The lowest BCUT2D eigenvalue weighted by molar-refractivity contribution is -0.122. The molecule has 0 aliphatic carbocycles. The third kappa shape index (κ3) is 3.92. The van der Waals surface area contributed by atoms with Crippen molar-refractivity contribution in [3.8, 4) is 0 Å². The summed E-state index contributed by atoms with van der Waals surface area (Å²) in [6.07, 6.45) is 1.59. The summed E-state index contributed by atoms with van der Waals surface area (Å²) in [5.74, 6) is -0.184. The van der Waals surface area contributed by atoms with Crippen molar-refractivity contribution in [2.24, 2.45) is 11.7 Å². The van der Waals surface area contributed by atoms with Crippen LogP contribution >= 0.6 is 12.2 Å². The predicted octanol–water partition coefficient (Wildman–Crippen LogP) is 1.26. The van der Waals surface area contributed by atoms with Crippen LogP contribution in [0.1, 0.15) is 18.4 Å². The zero-order valence-electron chi connectivity index (χ0n) is 10.8. The molecule has 0 spiro atoms. The molecule has 1 aromatic carbocycles. The average Bonchev–Trinajstić information content (AvgIpc) is 2.46. The Kier molecular flexibility index (Phi) is 4.74. The molecule has 102 valence electrons. The van der Waals surface area contributed by atoms with Crippen LogP contribution in [0, 0.1) is 5.92 Å². The number of benzene rings is 1. The molecule has 1 fully saturated rings. The number of hydrogen-bond donors (Lipinski definition) is 2. The molecule has 1 aliphatic rings. The number of hydrogen-bond acceptors (Lipinski definition) is 2. The van der Waals surface area contributed by atoms with Crippen LogP contribution in [0.3, 0.4) is 0 Å². The van der Waals surface area contributed by atoms with E-state index in [1.54, 1.807) is 0 Å². The number of amides is 1. The zero-order chi connectivity index (χ0) is 13.7. The number of nitrogens with zero attached hydrogens (tertiary/aromatic N) is 1. The predicted molar refractivity (Wildman–Crippen MR) is 79.4 cm³/mol. The Morgan fingerprint density at radius 3 is 2.53 bits per heavy atom. The van der Waals surface area contributed by atoms with Crippen molar-refractivity contribution in [3.63, 3.8) is 0 Å². The lowest BCUT2D eigenvalue weighted by atomic mass is 9.97. The summed E-state index contributed by atoms with van der Waals surface area (Å²) in [5.41, 5.74) is 6.52. The normalized spacial score (nSPS) is 16.1. The van der Waals surface area contributed by atoms with E-state index in [9.17, 15) is 4.79 Å². The van der Waals surface area contributed by atoms with Gasteiger partial charge in [0.15, 0.2) is 5.11 Å². The summed E-state index contributed by atoms with van der Waals surface area (Å²) in [7, 11) is 0. The second-order valence-electron chi connectivity index (χ2n) is 4.81. The SMILES string of the molecule is NC(=O)C1CCN(C(=S)NCc2ccccc2)CC1. The van der Waals surface area contributed by atoms with E-state index in [1.165, 1.54) is 5.56 Å². The van der Waals surface area contributed by atoms with Gasteiger partial charge in [0.25, 0.3) is 0 Å². The Morgan fingerprint density at radius 2 is 1.95 bits per heavy atom. The standard InChI is InChI=1S/C14H19N3OS/c15-13(18)12-6-8-17(9-7-12)14(19)16-10-11-4-2-1-3-5-11/h1-5,12H,6-10H2,(H2,15,18)(H,16,19). The van der Waals surface area contributed by atoms with Gasteiger partial charge in [-0.25, -0.2) is 0 Å². The number of carbonyl (C=O) groups excluding carboxylic acids is 1. The van der Waals surface area contributed by atoms with Gasteiger partial charge >= 0.3 is 0 Å². The first-order valence-corrected chi connectivity index (χ1v) is 6.93. The maximum absolute atomic E-state index is 11.1. The molecule has 19 heavy (non-hydrogen) atoms. The van der Waals surface area contributed by atoms with Crippen LogP contribution in [0.2, 0.25) is 0 Å². The summed E-state index contributed by atoms with van der Waals surface area (Å²) < 4.78 is 0. The highest BCUT2D eigenvalue weighted by Crippen LogP contribution is 2.16. The Morgan fingerprint density at radius 1 is 1.32 bits per heavy atom. The maximum atomic E-state index is 11.1. The van der Waals surface area contributed by atoms with Gasteiger partial charge in [0.2, 0.25) is 5.91 Å². The third-order valence-electron chi connectivity index (χ3n) is 3.47. The number of rotatable bonds is 3. The van der Waals surface area contributed by atoms with Crippen molar-refractivity contribution in [2.75, 3.05) is 13.1 Å². The molecular formula is C14H19N3OS. The third-order valence-corrected chi connectivity index (χ3v) is 3.87. The highest BCUT2D eigenvalue weighted by atomic mass is 32.1. The molecule has 1 saturated heterocycles. The molecule has 0 radical (unpaired) electrons. The Hall–Kier alpha value is -1.62. The van der Waals surface area contributed by atoms with Crippen LogP contribution in [0.15, 0.2) is 30.3 Å². The first kappa shape index (κ1) is 13.8. The van der Waals surface area contributed by atoms with E-state index in [2.05, 4.69) is 22.3 Å². The van der Waals surface area contributed by atoms with Crippen LogP contribution in [0.5, 0.6) is 0 Å². The van der Waals surface area contributed by atoms with Crippen molar-refractivity contribution in [3.05, 3.63) is 35.9 Å². The maximum Gasteiger partial charge on any atom is 0.220 e. The Balaban J connectivity index is 1.77. The van der Waals surface area contributed by atoms with Crippen molar-refractivity contribution < 1.29 is 4.79 Å². The van der Waals surface area contributed by atoms with Gasteiger partial charge < -0.3 is 16.0 Å². The number of thiocarbonyl (C=S) groups is 1. The highest BCUT2D eigenvalue weighted by molar-refractivity contribution is 7.80. The Bertz CT molecular complexity index is 441. The molecule has 1 amide bonds. The van der Waals surface area contributed by atoms with Gasteiger partial charge in [-0.2, -0.15) is 0 Å². The average molecular weight is 277 g/mol. The lowest BCUT2D eigenvalue weighted by Crippen LogP contribution is -2.45. The minimum atomic E-state index is -0.192. The number of likely N-dealkylation sites (tertiary alicyclic amines) is 1. The Labute approximate surface area is 119 Å². The molecule has 2 rings (SSSR count). The van der Waals surface area contributed by atoms with E-state index < -0.39 is 0 Å². The molecule has 1 aromatic rings. The fourth-order valence-electron chi connectivity index (χ4n) is 2.25. The second kappa shape index (κ2) is 6.52. The first-order valence-electron chi connectivity index (χ1n) is 6.53. The topological polar surface area (TPSA) is 58.4 Å². The molecule has 0 unspecified atom stereocenters. The highest BCUT2D eigenvalue weighted by Gasteiger charge is 2.24. The van der Waals surface area contributed by atoms with Gasteiger partial charge in [-0.3, -0.25) is 4.79 Å². The number of primary amides is 1. The number of nitrogens with two attached hydrogens (primary N) is 1. The van der Waals surface area contributed by atoms with Crippen molar-refractivity contribution in [1.82, 2.24) is 10.2 Å². The van der Waals surface area contributed by atoms with Crippen LogP contribution in [-0.4, -0.2) is 29.0 Å². The number of nitrogens with one attached hydrogen (secondary N) is 1. The lowest BCUT2D eigenvalue weighted by Gasteiger charge is -2.32. The molecule has 5 heteroatoms. The number of piperidine rings is 1. The van der Waals surface area contributed by atoms with Crippen LogP contribution in [-0.2, 0) is 11.3 Å². The molecule has 3 N–H and O–H groups in total. The minimum absolute atomic E-state index is 0.00757. The molecule has 0 bridgehead atoms. The molecule has 1 heterocycles. The fourth-order valence-corrected chi connectivity index (χ4v) is 2.51. The van der Waals surface area contributed by atoms with E-state index in [-0.39, 0.29) is 11.8 Å². The largest absolute Gasteiger partial charge is 0.369 e.